The molecule has 1 unspecified atom stereocenters. The molecule has 3 heteroatoms. The Morgan fingerprint density at radius 1 is 1.62 bits per heavy atom. The second-order valence-corrected chi connectivity index (χ2v) is 3.62. The minimum absolute atomic E-state index is 0.749. The summed E-state index contributed by atoms with van der Waals surface area (Å²) >= 11 is 0. The highest BCUT2D eigenvalue weighted by Crippen LogP contribution is 2.01. The second kappa shape index (κ2) is 5.02. The van der Waals surface area contributed by atoms with Crippen LogP contribution in [0.25, 0.3) is 0 Å². The van der Waals surface area contributed by atoms with Crippen LogP contribution < -0.4 is 5.32 Å². The quantitative estimate of drug-likeness (QED) is 0.728. The Labute approximate surface area is 80.0 Å². The van der Waals surface area contributed by atoms with Crippen molar-refractivity contribution in [2.24, 2.45) is 5.92 Å². The van der Waals surface area contributed by atoms with Gasteiger partial charge in [0.25, 0.3) is 0 Å². The molecule has 0 bridgehead atoms. The summed E-state index contributed by atoms with van der Waals surface area (Å²) < 4.78 is 0. The second-order valence-electron chi connectivity index (χ2n) is 3.62. The van der Waals surface area contributed by atoms with Gasteiger partial charge in [-0.3, -0.25) is 0 Å². The Balaban J connectivity index is 2.24. The topological polar surface area (TPSA) is 40.7 Å². The van der Waals surface area contributed by atoms with Gasteiger partial charge in [0.15, 0.2) is 0 Å². The van der Waals surface area contributed by atoms with E-state index in [0.29, 0.717) is 0 Å². The highest BCUT2D eigenvalue weighted by atomic mass is 14.9. The minimum atomic E-state index is 0.749. The van der Waals surface area contributed by atoms with Gasteiger partial charge in [-0.15, -0.1) is 0 Å². The number of aromatic amines is 1. The van der Waals surface area contributed by atoms with Gasteiger partial charge < -0.3 is 10.3 Å². The molecular formula is C10H19N3. The molecule has 0 aliphatic carbocycles. The predicted octanol–water partition coefficient (Wildman–Crippen LogP) is 1.85. The lowest BCUT2D eigenvalue weighted by Gasteiger charge is -2.08. The molecule has 0 spiro atoms. The first-order valence-corrected chi connectivity index (χ1v) is 4.93. The molecule has 13 heavy (non-hydrogen) atoms. The van der Waals surface area contributed by atoms with Gasteiger partial charge in [-0.25, -0.2) is 4.98 Å². The lowest BCUT2D eigenvalue weighted by Crippen LogP contribution is -2.20. The van der Waals surface area contributed by atoms with Gasteiger partial charge in [0.2, 0.25) is 0 Å². The number of aromatic nitrogens is 2. The van der Waals surface area contributed by atoms with Gasteiger partial charge in [-0.05, 0) is 19.4 Å². The summed E-state index contributed by atoms with van der Waals surface area (Å²) in [4.78, 5) is 7.29. The van der Waals surface area contributed by atoms with Crippen molar-refractivity contribution >= 4 is 0 Å². The average molecular weight is 181 g/mol. The molecule has 1 aromatic rings. The molecule has 1 heterocycles. The lowest BCUT2D eigenvalue weighted by atomic mass is 10.1. The van der Waals surface area contributed by atoms with Crippen LogP contribution in [0.1, 0.15) is 31.7 Å². The van der Waals surface area contributed by atoms with Crippen molar-refractivity contribution in [3.8, 4) is 0 Å². The Kier molecular flexibility index (Phi) is 3.96. The summed E-state index contributed by atoms with van der Waals surface area (Å²) in [5.74, 6) is 0.749. The van der Waals surface area contributed by atoms with Crippen molar-refractivity contribution in [1.29, 1.82) is 0 Å². The maximum atomic E-state index is 4.22. The first-order chi connectivity index (χ1) is 6.24. The standard InChI is InChI=1S/C10H19N3/c1-4-8(2)5-11-6-10-9(3)12-7-13-10/h7-8,11H,4-6H2,1-3H3,(H,12,13). The van der Waals surface area contributed by atoms with Crippen molar-refractivity contribution in [2.75, 3.05) is 6.54 Å². The van der Waals surface area contributed by atoms with Crippen molar-refractivity contribution in [2.45, 2.75) is 33.7 Å². The van der Waals surface area contributed by atoms with E-state index in [1.807, 2.05) is 6.92 Å². The van der Waals surface area contributed by atoms with Crippen molar-refractivity contribution in [3.05, 3.63) is 17.7 Å². The zero-order valence-electron chi connectivity index (χ0n) is 8.72. The molecule has 1 aromatic heterocycles. The first kappa shape index (κ1) is 10.3. The summed E-state index contributed by atoms with van der Waals surface area (Å²) in [6.45, 7) is 8.46. The van der Waals surface area contributed by atoms with E-state index >= 15 is 0 Å². The molecule has 0 saturated heterocycles. The smallest absolute Gasteiger partial charge is 0.0925 e. The molecule has 0 aliphatic heterocycles. The van der Waals surface area contributed by atoms with Crippen LogP contribution in [-0.2, 0) is 6.54 Å². The fourth-order valence-electron chi connectivity index (χ4n) is 1.15. The van der Waals surface area contributed by atoms with Crippen LogP contribution in [0.3, 0.4) is 0 Å². The van der Waals surface area contributed by atoms with Crippen LogP contribution in [0, 0.1) is 12.8 Å². The van der Waals surface area contributed by atoms with E-state index in [9.17, 15) is 0 Å². The number of nitrogens with zero attached hydrogens (tertiary/aromatic N) is 1. The third kappa shape index (κ3) is 3.19. The molecule has 0 fully saturated rings. The van der Waals surface area contributed by atoms with Crippen molar-refractivity contribution in [1.82, 2.24) is 15.3 Å². The number of nitrogens with one attached hydrogen (secondary N) is 2. The largest absolute Gasteiger partial charge is 0.348 e. The summed E-state index contributed by atoms with van der Waals surface area (Å²) in [5, 5.41) is 3.40. The van der Waals surface area contributed by atoms with Gasteiger partial charge in [0.1, 0.15) is 0 Å². The highest BCUT2D eigenvalue weighted by Gasteiger charge is 2.01. The number of aryl methyl sites for hydroxylation is 1. The Morgan fingerprint density at radius 2 is 2.38 bits per heavy atom. The molecule has 0 aromatic carbocycles. The van der Waals surface area contributed by atoms with Crippen LogP contribution in [0.2, 0.25) is 0 Å². The molecule has 74 valence electrons. The van der Waals surface area contributed by atoms with E-state index < -0.39 is 0 Å². The van der Waals surface area contributed by atoms with E-state index in [1.165, 1.54) is 6.42 Å². The van der Waals surface area contributed by atoms with Gasteiger partial charge in [-0.2, -0.15) is 0 Å². The zero-order valence-corrected chi connectivity index (χ0v) is 8.72. The average Bonchev–Trinajstić information content (AvgIpc) is 2.52. The molecule has 0 saturated carbocycles. The van der Waals surface area contributed by atoms with E-state index in [2.05, 4.69) is 29.1 Å². The van der Waals surface area contributed by atoms with E-state index in [4.69, 9.17) is 0 Å². The molecule has 0 aliphatic rings. The lowest BCUT2D eigenvalue weighted by molar-refractivity contribution is 0.497. The number of imidazole rings is 1. The number of rotatable bonds is 5. The maximum Gasteiger partial charge on any atom is 0.0925 e. The van der Waals surface area contributed by atoms with Crippen LogP contribution in [0.4, 0.5) is 0 Å². The summed E-state index contributed by atoms with van der Waals surface area (Å²) in [7, 11) is 0. The van der Waals surface area contributed by atoms with E-state index in [0.717, 1.165) is 30.4 Å². The minimum Gasteiger partial charge on any atom is -0.348 e. The van der Waals surface area contributed by atoms with E-state index in [-0.39, 0.29) is 0 Å². The molecular weight excluding hydrogens is 162 g/mol. The third-order valence-corrected chi connectivity index (χ3v) is 2.42. The van der Waals surface area contributed by atoms with Crippen molar-refractivity contribution < 1.29 is 0 Å². The van der Waals surface area contributed by atoms with E-state index in [1.54, 1.807) is 6.33 Å². The van der Waals surface area contributed by atoms with Crippen LogP contribution in [0.5, 0.6) is 0 Å². The molecule has 1 rings (SSSR count). The Bertz CT molecular complexity index is 242. The van der Waals surface area contributed by atoms with Gasteiger partial charge in [-0.1, -0.05) is 20.3 Å². The third-order valence-electron chi connectivity index (χ3n) is 2.42. The summed E-state index contributed by atoms with van der Waals surface area (Å²) in [5.41, 5.74) is 2.29. The van der Waals surface area contributed by atoms with Gasteiger partial charge >= 0.3 is 0 Å². The molecule has 2 N–H and O–H groups in total. The number of H-pyrrole nitrogens is 1. The Hall–Kier alpha value is -0.830. The molecule has 1 atom stereocenters. The van der Waals surface area contributed by atoms with Crippen molar-refractivity contribution in [3.63, 3.8) is 0 Å². The normalized spacial score (nSPS) is 13.2. The van der Waals surface area contributed by atoms with Crippen LogP contribution >= 0.6 is 0 Å². The zero-order chi connectivity index (χ0) is 9.68. The Morgan fingerprint density at radius 3 is 2.92 bits per heavy atom. The monoisotopic (exact) mass is 181 g/mol. The SMILES string of the molecule is CCC(C)CNCc1nc[nH]c1C. The maximum absolute atomic E-state index is 4.22. The fourth-order valence-corrected chi connectivity index (χ4v) is 1.15. The summed E-state index contributed by atoms with van der Waals surface area (Å²) in [6.07, 6.45) is 2.97. The molecule has 3 nitrogen and oxygen atoms in total. The molecule has 0 radical (unpaired) electrons. The van der Waals surface area contributed by atoms with Crippen LogP contribution in [0.15, 0.2) is 6.33 Å². The highest BCUT2D eigenvalue weighted by molar-refractivity contribution is 5.07. The molecule has 0 amide bonds. The first-order valence-electron chi connectivity index (χ1n) is 4.93. The predicted molar refractivity (Wildman–Crippen MR) is 54.5 cm³/mol. The van der Waals surface area contributed by atoms with Gasteiger partial charge in [0, 0.05) is 12.2 Å². The summed E-state index contributed by atoms with van der Waals surface area (Å²) in [6, 6.07) is 0. The number of hydrogen-bond donors (Lipinski definition) is 2. The fraction of sp³-hybridized carbons (Fsp3) is 0.700. The van der Waals surface area contributed by atoms with Crippen LogP contribution in [-0.4, -0.2) is 16.5 Å². The van der Waals surface area contributed by atoms with Gasteiger partial charge in [0.05, 0.1) is 12.0 Å². The number of hydrogen-bond acceptors (Lipinski definition) is 2.